The third-order valence-electron chi connectivity index (χ3n) is 4.98. The van der Waals surface area contributed by atoms with Crippen molar-refractivity contribution in [2.75, 3.05) is 11.9 Å². The molecule has 0 bridgehead atoms. The van der Waals surface area contributed by atoms with Crippen LogP contribution < -0.4 is 10.6 Å². The topological polar surface area (TPSA) is 89.7 Å². The van der Waals surface area contributed by atoms with Gasteiger partial charge in [0.2, 0.25) is 5.91 Å². The van der Waals surface area contributed by atoms with E-state index in [1.54, 1.807) is 12.5 Å². The van der Waals surface area contributed by atoms with E-state index in [2.05, 4.69) is 32.7 Å². The lowest BCUT2D eigenvalue weighted by Gasteiger charge is -2.23. The largest absolute Gasteiger partial charge is 0.310 e. The molecule has 2 aliphatic rings. The molecule has 8 heteroatoms. The van der Waals surface area contributed by atoms with Crippen molar-refractivity contribution in [2.45, 2.75) is 51.2 Å². The van der Waals surface area contributed by atoms with Crippen LogP contribution in [-0.4, -0.2) is 43.0 Å². The van der Waals surface area contributed by atoms with E-state index in [9.17, 15) is 4.79 Å². The monoisotopic (exact) mass is 329 g/mol. The number of amides is 1. The van der Waals surface area contributed by atoms with E-state index in [0.717, 1.165) is 31.0 Å². The van der Waals surface area contributed by atoms with Gasteiger partial charge in [0.15, 0.2) is 0 Å². The van der Waals surface area contributed by atoms with Crippen LogP contribution in [0.2, 0.25) is 0 Å². The number of aromatic nitrogens is 5. The standard InChI is InChI=1S/C16H23N7O/c1-11(12-2-3-12)23-15(6-7-19-23)21-16(24)8-17-13-4-5-14-18-10-20-22(14)9-13/h6-7,10-13,17H,2-5,8-9H2,1H3,(H,21,24)/t11-,13-/m1/s1. The highest BCUT2D eigenvalue weighted by molar-refractivity contribution is 5.91. The second kappa shape index (κ2) is 6.35. The predicted octanol–water partition coefficient (Wildman–Crippen LogP) is 0.989. The Morgan fingerprint density at radius 3 is 3.08 bits per heavy atom. The van der Waals surface area contributed by atoms with Gasteiger partial charge in [-0.05, 0) is 32.1 Å². The zero-order valence-corrected chi connectivity index (χ0v) is 13.9. The number of anilines is 1. The number of nitrogens with zero attached hydrogens (tertiary/aromatic N) is 5. The minimum absolute atomic E-state index is 0.0378. The van der Waals surface area contributed by atoms with Gasteiger partial charge in [0.25, 0.3) is 0 Å². The fourth-order valence-electron chi connectivity index (χ4n) is 3.34. The van der Waals surface area contributed by atoms with E-state index in [0.29, 0.717) is 12.0 Å². The fraction of sp³-hybridized carbons (Fsp3) is 0.625. The van der Waals surface area contributed by atoms with Crippen LogP contribution in [-0.2, 0) is 17.8 Å². The number of aryl methyl sites for hydroxylation is 1. The van der Waals surface area contributed by atoms with Gasteiger partial charge in [-0.15, -0.1) is 0 Å². The number of fused-ring (bicyclic) bond motifs is 1. The van der Waals surface area contributed by atoms with Gasteiger partial charge in [0, 0.05) is 18.5 Å². The number of nitrogens with one attached hydrogen (secondary N) is 2. The molecule has 2 aromatic rings. The summed E-state index contributed by atoms with van der Waals surface area (Å²) in [6.45, 7) is 3.22. The molecular weight excluding hydrogens is 306 g/mol. The van der Waals surface area contributed by atoms with Crippen LogP contribution in [0.1, 0.15) is 38.1 Å². The first kappa shape index (κ1) is 15.3. The summed E-state index contributed by atoms with van der Waals surface area (Å²) in [5.74, 6) is 2.46. The first-order chi connectivity index (χ1) is 11.7. The van der Waals surface area contributed by atoms with Crippen molar-refractivity contribution in [2.24, 2.45) is 5.92 Å². The molecule has 1 amide bonds. The summed E-state index contributed by atoms with van der Waals surface area (Å²) in [7, 11) is 0. The van der Waals surface area contributed by atoms with Crippen LogP contribution in [0, 0.1) is 5.92 Å². The molecule has 2 N–H and O–H groups in total. The van der Waals surface area contributed by atoms with Crippen molar-refractivity contribution in [1.29, 1.82) is 0 Å². The number of hydrogen-bond donors (Lipinski definition) is 2. The summed E-state index contributed by atoms with van der Waals surface area (Å²) >= 11 is 0. The Bertz CT molecular complexity index is 718. The molecule has 1 fully saturated rings. The van der Waals surface area contributed by atoms with Gasteiger partial charge in [0.05, 0.1) is 25.3 Å². The Balaban J connectivity index is 1.29. The van der Waals surface area contributed by atoms with Gasteiger partial charge >= 0.3 is 0 Å². The van der Waals surface area contributed by atoms with Crippen LogP contribution in [0.25, 0.3) is 0 Å². The predicted molar refractivity (Wildman–Crippen MR) is 88.4 cm³/mol. The van der Waals surface area contributed by atoms with Crippen LogP contribution >= 0.6 is 0 Å². The molecule has 1 saturated carbocycles. The summed E-state index contributed by atoms with van der Waals surface area (Å²) in [6.07, 6.45) is 7.71. The smallest absolute Gasteiger partial charge is 0.239 e. The van der Waals surface area contributed by atoms with Crippen molar-refractivity contribution in [1.82, 2.24) is 29.9 Å². The Morgan fingerprint density at radius 2 is 2.25 bits per heavy atom. The third-order valence-corrected chi connectivity index (χ3v) is 4.98. The fourth-order valence-corrected chi connectivity index (χ4v) is 3.34. The zero-order valence-electron chi connectivity index (χ0n) is 13.9. The lowest BCUT2D eigenvalue weighted by molar-refractivity contribution is -0.115. The number of hydrogen-bond acceptors (Lipinski definition) is 5. The molecule has 1 aliphatic carbocycles. The van der Waals surface area contributed by atoms with E-state index >= 15 is 0 Å². The van der Waals surface area contributed by atoms with E-state index in [-0.39, 0.29) is 18.5 Å². The highest BCUT2D eigenvalue weighted by atomic mass is 16.2. The molecule has 0 spiro atoms. The zero-order chi connectivity index (χ0) is 16.5. The summed E-state index contributed by atoms with van der Waals surface area (Å²) in [5, 5.41) is 14.9. The first-order valence-electron chi connectivity index (χ1n) is 8.64. The quantitative estimate of drug-likeness (QED) is 0.825. The number of rotatable bonds is 6. The van der Waals surface area contributed by atoms with Crippen LogP contribution in [0.3, 0.4) is 0 Å². The number of carbonyl (C=O) groups is 1. The number of carbonyl (C=O) groups excluding carboxylic acids is 1. The van der Waals surface area contributed by atoms with Gasteiger partial charge in [0.1, 0.15) is 18.0 Å². The summed E-state index contributed by atoms with van der Waals surface area (Å²) < 4.78 is 3.84. The van der Waals surface area contributed by atoms with Crippen LogP contribution in [0.5, 0.6) is 0 Å². The minimum Gasteiger partial charge on any atom is -0.310 e. The van der Waals surface area contributed by atoms with Crippen molar-refractivity contribution in [3.8, 4) is 0 Å². The van der Waals surface area contributed by atoms with Crippen molar-refractivity contribution in [3.05, 3.63) is 24.4 Å². The van der Waals surface area contributed by atoms with E-state index in [1.807, 2.05) is 15.4 Å². The normalized spacial score (nSPS) is 21.3. The molecule has 4 rings (SSSR count). The molecule has 0 unspecified atom stereocenters. The van der Waals surface area contributed by atoms with E-state index in [4.69, 9.17) is 0 Å². The molecule has 2 aromatic heterocycles. The van der Waals surface area contributed by atoms with Gasteiger partial charge in [-0.1, -0.05) is 0 Å². The Kier molecular flexibility index (Phi) is 4.05. The van der Waals surface area contributed by atoms with E-state index in [1.165, 1.54) is 12.8 Å². The molecule has 8 nitrogen and oxygen atoms in total. The Hall–Kier alpha value is -2.22. The molecule has 128 valence electrons. The maximum Gasteiger partial charge on any atom is 0.239 e. The van der Waals surface area contributed by atoms with Gasteiger partial charge in [-0.25, -0.2) is 14.3 Å². The summed E-state index contributed by atoms with van der Waals surface area (Å²) in [6, 6.07) is 2.45. The first-order valence-corrected chi connectivity index (χ1v) is 8.64. The summed E-state index contributed by atoms with van der Waals surface area (Å²) in [5.41, 5.74) is 0. The molecule has 0 aromatic carbocycles. The SMILES string of the molecule is C[C@H](C1CC1)n1nccc1NC(=O)CN[C@@H]1CCc2ncnn2C1. The lowest BCUT2D eigenvalue weighted by atomic mass is 10.1. The van der Waals surface area contributed by atoms with Crippen molar-refractivity contribution < 1.29 is 4.79 Å². The Labute approximate surface area is 140 Å². The maximum absolute atomic E-state index is 12.3. The Morgan fingerprint density at radius 1 is 1.38 bits per heavy atom. The average molecular weight is 329 g/mol. The second-order valence-corrected chi connectivity index (χ2v) is 6.76. The van der Waals surface area contributed by atoms with Crippen molar-refractivity contribution >= 4 is 11.7 Å². The molecule has 1 aliphatic heterocycles. The summed E-state index contributed by atoms with van der Waals surface area (Å²) in [4.78, 5) is 16.5. The second-order valence-electron chi connectivity index (χ2n) is 6.76. The highest BCUT2D eigenvalue weighted by Crippen LogP contribution is 2.40. The maximum atomic E-state index is 12.3. The highest BCUT2D eigenvalue weighted by Gasteiger charge is 2.30. The molecule has 24 heavy (non-hydrogen) atoms. The molecule has 2 atom stereocenters. The van der Waals surface area contributed by atoms with Gasteiger partial charge in [-0.3, -0.25) is 4.79 Å². The third kappa shape index (κ3) is 3.19. The minimum atomic E-state index is -0.0378. The lowest BCUT2D eigenvalue weighted by Crippen LogP contribution is -2.41. The molecule has 0 saturated heterocycles. The van der Waals surface area contributed by atoms with Crippen molar-refractivity contribution in [3.63, 3.8) is 0 Å². The average Bonchev–Trinajstić information content (AvgIpc) is 3.16. The molecular formula is C16H23N7O. The van der Waals surface area contributed by atoms with Gasteiger partial charge in [-0.2, -0.15) is 10.2 Å². The van der Waals surface area contributed by atoms with E-state index < -0.39 is 0 Å². The van der Waals surface area contributed by atoms with Gasteiger partial charge < -0.3 is 10.6 Å². The molecule has 0 radical (unpaired) electrons. The molecule has 3 heterocycles. The van der Waals surface area contributed by atoms with Crippen LogP contribution in [0.15, 0.2) is 18.6 Å². The van der Waals surface area contributed by atoms with Crippen LogP contribution in [0.4, 0.5) is 5.82 Å².